The Morgan fingerprint density at radius 3 is 2.64 bits per heavy atom. The number of H-pyrrole nitrogens is 1. The average molecular weight is 342 g/mol. The topological polar surface area (TPSA) is 54.6 Å². The summed E-state index contributed by atoms with van der Waals surface area (Å²) in [4.78, 5) is 16.6. The molecule has 0 atom stereocenters. The van der Waals surface area contributed by atoms with E-state index in [0.29, 0.717) is 12.5 Å². The molecule has 1 aromatic carbocycles. The number of aromatic nitrogens is 1. The van der Waals surface area contributed by atoms with E-state index in [9.17, 15) is 4.79 Å². The van der Waals surface area contributed by atoms with Gasteiger partial charge in [-0.2, -0.15) is 0 Å². The molecule has 0 saturated carbocycles. The van der Waals surface area contributed by atoms with Gasteiger partial charge in [0.05, 0.1) is 13.7 Å². The van der Waals surface area contributed by atoms with Crippen molar-refractivity contribution in [1.82, 2.24) is 9.88 Å². The zero-order valence-corrected chi connectivity index (χ0v) is 15.0. The maximum atomic E-state index is 11.5. The number of aromatic amines is 1. The van der Waals surface area contributed by atoms with E-state index in [1.807, 2.05) is 19.1 Å². The van der Waals surface area contributed by atoms with Gasteiger partial charge in [-0.15, -0.1) is 0 Å². The molecule has 2 heterocycles. The lowest BCUT2D eigenvalue weighted by molar-refractivity contribution is 0.204. The van der Waals surface area contributed by atoms with Crippen LogP contribution < -0.4 is 15.0 Å². The predicted octanol–water partition coefficient (Wildman–Crippen LogP) is 3.16. The molecule has 0 spiro atoms. The summed E-state index contributed by atoms with van der Waals surface area (Å²) in [5.41, 5.74) is 2.38. The Hall–Kier alpha value is -2.27. The molecule has 5 heteroatoms. The van der Waals surface area contributed by atoms with Crippen LogP contribution in [0.3, 0.4) is 0 Å². The van der Waals surface area contributed by atoms with E-state index in [2.05, 4.69) is 22.0 Å². The highest BCUT2D eigenvalue weighted by Crippen LogP contribution is 2.30. The van der Waals surface area contributed by atoms with Gasteiger partial charge in [0.25, 0.3) is 0 Å². The number of benzene rings is 1. The summed E-state index contributed by atoms with van der Waals surface area (Å²) in [7, 11) is 1.68. The molecular formula is C20H26N2O3. The molecule has 0 radical (unpaired) electrons. The third-order valence-electron chi connectivity index (χ3n) is 4.79. The largest absolute Gasteiger partial charge is 0.493 e. The van der Waals surface area contributed by atoms with Gasteiger partial charge < -0.3 is 14.5 Å². The summed E-state index contributed by atoms with van der Waals surface area (Å²) in [6.45, 7) is 5.58. The van der Waals surface area contributed by atoms with Crippen molar-refractivity contribution in [2.45, 2.75) is 32.2 Å². The van der Waals surface area contributed by atoms with E-state index < -0.39 is 0 Å². The van der Waals surface area contributed by atoms with Crippen molar-refractivity contribution in [3.63, 3.8) is 0 Å². The summed E-state index contributed by atoms with van der Waals surface area (Å²) >= 11 is 0. The van der Waals surface area contributed by atoms with Crippen molar-refractivity contribution >= 4 is 0 Å². The Labute approximate surface area is 148 Å². The number of rotatable bonds is 6. The van der Waals surface area contributed by atoms with E-state index in [0.717, 1.165) is 49.5 Å². The second-order valence-corrected chi connectivity index (χ2v) is 6.45. The van der Waals surface area contributed by atoms with Crippen LogP contribution >= 0.6 is 0 Å². The second-order valence-electron chi connectivity index (χ2n) is 6.45. The fourth-order valence-corrected chi connectivity index (χ4v) is 3.48. The molecule has 2 aromatic rings. The zero-order chi connectivity index (χ0) is 17.6. The molecule has 1 aliphatic rings. The van der Waals surface area contributed by atoms with Gasteiger partial charge in [-0.3, -0.25) is 9.69 Å². The minimum Gasteiger partial charge on any atom is -0.493 e. The number of likely N-dealkylation sites (tertiary alicyclic amines) is 1. The minimum absolute atomic E-state index is 0.0126. The highest BCUT2D eigenvalue weighted by molar-refractivity contribution is 5.43. The summed E-state index contributed by atoms with van der Waals surface area (Å²) in [6.07, 6.45) is 3.91. The summed E-state index contributed by atoms with van der Waals surface area (Å²) in [5, 5.41) is 0. The molecular weight excluding hydrogens is 316 g/mol. The van der Waals surface area contributed by atoms with E-state index in [1.54, 1.807) is 19.4 Å². The van der Waals surface area contributed by atoms with Crippen LogP contribution in [0, 0.1) is 0 Å². The zero-order valence-electron chi connectivity index (χ0n) is 15.0. The first-order valence-electron chi connectivity index (χ1n) is 8.90. The fraction of sp³-hybridized carbons (Fsp3) is 0.450. The number of pyridine rings is 1. The maximum Gasteiger partial charge on any atom is 0.248 e. The quantitative estimate of drug-likeness (QED) is 0.876. The lowest BCUT2D eigenvalue weighted by Crippen LogP contribution is -2.32. The van der Waals surface area contributed by atoms with Crippen LogP contribution in [0.1, 0.15) is 36.8 Å². The van der Waals surface area contributed by atoms with Gasteiger partial charge in [0.15, 0.2) is 11.5 Å². The molecule has 1 saturated heterocycles. The lowest BCUT2D eigenvalue weighted by atomic mass is 9.90. The standard InChI is InChI=1S/C20H26N2O3/c1-3-25-18-5-4-15(12-19(18)24-2)14-22-10-7-16(8-11-22)17-6-9-21-20(23)13-17/h4-6,9,12-13,16H,3,7-8,10-11,14H2,1-2H3,(H,21,23). The van der Waals surface area contributed by atoms with E-state index in [4.69, 9.17) is 9.47 Å². The van der Waals surface area contributed by atoms with Crippen molar-refractivity contribution in [2.75, 3.05) is 26.8 Å². The molecule has 1 fully saturated rings. The first kappa shape index (κ1) is 17.5. The maximum absolute atomic E-state index is 11.5. The SMILES string of the molecule is CCOc1ccc(CN2CCC(c3cc[nH]c(=O)c3)CC2)cc1OC. The third-order valence-corrected chi connectivity index (χ3v) is 4.79. The second kappa shape index (κ2) is 8.21. The summed E-state index contributed by atoms with van der Waals surface area (Å²) in [5.74, 6) is 2.06. The van der Waals surface area contributed by atoms with Crippen LogP contribution in [0.25, 0.3) is 0 Å². The summed E-state index contributed by atoms with van der Waals surface area (Å²) < 4.78 is 11.0. The van der Waals surface area contributed by atoms with Crippen LogP contribution in [0.5, 0.6) is 11.5 Å². The molecule has 0 bridgehead atoms. The predicted molar refractivity (Wildman–Crippen MR) is 98.5 cm³/mol. The number of nitrogens with one attached hydrogen (secondary N) is 1. The normalized spacial score (nSPS) is 15.9. The first-order chi connectivity index (χ1) is 12.2. The molecule has 5 nitrogen and oxygen atoms in total. The van der Waals surface area contributed by atoms with Gasteiger partial charge in [-0.1, -0.05) is 6.07 Å². The molecule has 134 valence electrons. The Balaban J connectivity index is 1.59. The first-order valence-corrected chi connectivity index (χ1v) is 8.90. The Kier molecular flexibility index (Phi) is 5.76. The van der Waals surface area contributed by atoms with Crippen LogP contribution in [-0.4, -0.2) is 36.7 Å². The van der Waals surface area contributed by atoms with Crippen molar-refractivity contribution in [1.29, 1.82) is 0 Å². The summed E-state index contributed by atoms with van der Waals surface area (Å²) in [6, 6.07) is 9.92. The average Bonchev–Trinajstić information content (AvgIpc) is 2.64. The number of hydrogen-bond acceptors (Lipinski definition) is 4. The third kappa shape index (κ3) is 4.42. The smallest absolute Gasteiger partial charge is 0.248 e. The molecule has 3 rings (SSSR count). The monoisotopic (exact) mass is 342 g/mol. The van der Waals surface area contributed by atoms with Gasteiger partial charge in [-0.25, -0.2) is 0 Å². The van der Waals surface area contributed by atoms with E-state index >= 15 is 0 Å². The molecule has 1 aliphatic heterocycles. The number of nitrogens with zero attached hydrogens (tertiary/aromatic N) is 1. The van der Waals surface area contributed by atoms with Crippen molar-refractivity contribution in [3.05, 3.63) is 58.0 Å². The van der Waals surface area contributed by atoms with Crippen LogP contribution in [-0.2, 0) is 6.54 Å². The molecule has 25 heavy (non-hydrogen) atoms. The minimum atomic E-state index is -0.0126. The number of piperidine rings is 1. The molecule has 1 N–H and O–H groups in total. The van der Waals surface area contributed by atoms with Crippen molar-refractivity contribution in [2.24, 2.45) is 0 Å². The Morgan fingerprint density at radius 2 is 1.96 bits per heavy atom. The highest BCUT2D eigenvalue weighted by atomic mass is 16.5. The number of ether oxygens (including phenoxy) is 2. The van der Waals surface area contributed by atoms with Crippen LogP contribution in [0.15, 0.2) is 41.3 Å². The van der Waals surface area contributed by atoms with Crippen molar-refractivity contribution in [3.8, 4) is 11.5 Å². The van der Waals surface area contributed by atoms with Gasteiger partial charge in [-0.05, 0) is 68.1 Å². The van der Waals surface area contributed by atoms with Crippen LogP contribution in [0.2, 0.25) is 0 Å². The van der Waals surface area contributed by atoms with Gasteiger partial charge >= 0.3 is 0 Å². The van der Waals surface area contributed by atoms with Gasteiger partial charge in [0, 0.05) is 18.8 Å². The molecule has 0 amide bonds. The Morgan fingerprint density at radius 1 is 1.16 bits per heavy atom. The fourth-order valence-electron chi connectivity index (χ4n) is 3.48. The van der Waals surface area contributed by atoms with E-state index in [1.165, 1.54) is 5.56 Å². The van der Waals surface area contributed by atoms with Crippen molar-refractivity contribution < 1.29 is 9.47 Å². The molecule has 1 aromatic heterocycles. The molecule has 0 unspecified atom stereocenters. The van der Waals surface area contributed by atoms with Gasteiger partial charge in [0.2, 0.25) is 5.56 Å². The lowest BCUT2D eigenvalue weighted by Gasteiger charge is -2.32. The number of hydrogen-bond donors (Lipinski definition) is 1. The highest BCUT2D eigenvalue weighted by Gasteiger charge is 2.21. The molecule has 0 aliphatic carbocycles. The van der Waals surface area contributed by atoms with E-state index in [-0.39, 0.29) is 5.56 Å². The number of methoxy groups -OCH3 is 1. The van der Waals surface area contributed by atoms with Crippen LogP contribution in [0.4, 0.5) is 0 Å². The van der Waals surface area contributed by atoms with Gasteiger partial charge in [0.1, 0.15) is 0 Å². The Bertz CT molecular complexity index is 749.